The van der Waals surface area contributed by atoms with Crippen LogP contribution in [-0.2, 0) is 11.2 Å². The fraction of sp³-hybridized carbons (Fsp3) is 0.409. The summed E-state index contributed by atoms with van der Waals surface area (Å²) >= 11 is 0. The van der Waals surface area contributed by atoms with E-state index in [0.717, 1.165) is 25.2 Å². The molecule has 0 saturated carbocycles. The first-order valence-corrected chi connectivity index (χ1v) is 9.46. The molecule has 3 rings (SSSR count). The third-order valence-corrected chi connectivity index (χ3v) is 5.09. The predicted molar refractivity (Wildman–Crippen MR) is 104 cm³/mol. The van der Waals surface area contributed by atoms with Crippen LogP contribution < -0.4 is 4.90 Å². The molecule has 26 heavy (non-hydrogen) atoms. The van der Waals surface area contributed by atoms with Crippen molar-refractivity contribution in [3.8, 4) is 0 Å². The number of para-hydroxylation sites is 1. The van der Waals surface area contributed by atoms with Crippen molar-refractivity contribution in [1.29, 1.82) is 0 Å². The molecule has 1 aliphatic rings. The average molecular weight is 354 g/mol. The van der Waals surface area contributed by atoms with Crippen LogP contribution in [0.15, 0.2) is 60.7 Å². The molecular formula is C22H27FN2O. The Morgan fingerprint density at radius 1 is 1.12 bits per heavy atom. The molecule has 3 nitrogen and oxygen atoms in total. The van der Waals surface area contributed by atoms with Gasteiger partial charge in [-0.15, -0.1) is 0 Å². The summed E-state index contributed by atoms with van der Waals surface area (Å²) in [5, 5.41) is 0. The number of alkyl halides is 1. The Labute approximate surface area is 155 Å². The van der Waals surface area contributed by atoms with Gasteiger partial charge in [-0.2, -0.15) is 0 Å². The van der Waals surface area contributed by atoms with Gasteiger partial charge >= 0.3 is 0 Å². The first kappa shape index (κ1) is 18.6. The second-order valence-corrected chi connectivity index (χ2v) is 6.86. The summed E-state index contributed by atoms with van der Waals surface area (Å²) < 4.78 is 15.0. The second-order valence-electron chi connectivity index (χ2n) is 6.86. The molecule has 0 aromatic heterocycles. The second kappa shape index (κ2) is 8.95. The molecule has 2 unspecified atom stereocenters. The lowest BCUT2D eigenvalue weighted by Gasteiger charge is -2.40. The Morgan fingerprint density at radius 3 is 2.38 bits per heavy atom. The number of hydrogen-bond donors (Lipinski definition) is 0. The van der Waals surface area contributed by atoms with E-state index >= 15 is 4.39 Å². The molecule has 1 saturated heterocycles. The molecule has 2 aromatic carbocycles. The number of amides is 1. The third kappa shape index (κ3) is 4.50. The normalized spacial score (nSPS) is 20.7. The number of anilines is 1. The van der Waals surface area contributed by atoms with Gasteiger partial charge in [-0.25, -0.2) is 4.39 Å². The monoisotopic (exact) mass is 354 g/mol. The van der Waals surface area contributed by atoms with Crippen LogP contribution in [0, 0.1) is 0 Å². The zero-order valence-electron chi connectivity index (χ0n) is 15.4. The van der Waals surface area contributed by atoms with Gasteiger partial charge in [0, 0.05) is 31.7 Å². The van der Waals surface area contributed by atoms with Crippen LogP contribution in [0.25, 0.3) is 0 Å². The smallest absolute Gasteiger partial charge is 0.227 e. The summed E-state index contributed by atoms with van der Waals surface area (Å²) in [7, 11) is 0. The minimum Gasteiger partial charge on any atom is -0.306 e. The van der Waals surface area contributed by atoms with Crippen molar-refractivity contribution in [2.75, 3.05) is 24.5 Å². The largest absolute Gasteiger partial charge is 0.306 e. The molecule has 2 aromatic rings. The quantitative estimate of drug-likeness (QED) is 0.780. The van der Waals surface area contributed by atoms with Gasteiger partial charge in [-0.05, 0) is 30.5 Å². The summed E-state index contributed by atoms with van der Waals surface area (Å²) in [6, 6.07) is 19.4. The van der Waals surface area contributed by atoms with E-state index in [2.05, 4.69) is 17.0 Å². The van der Waals surface area contributed by atoms with Gasteiger partial charge in [0.1, 0.15) is 6.17 Å². The Bertz CT molecular complexity index is 692. The van der Waals surface area contributed by atoms with Crippen LogP contribution in [0.4, 0.5) is 10.1 Å². The highest BCUT2D eigenvalue weighted by atomic mass is 19.1. The van der Waals surface area contributed by atoms with Crippen LogP contribution in [0.5, 0.6) is 0 Å². The van der Waals surface area contributed by atoms with Crippen molar-refractivity contribution in [3.05, 3.63) is 66.2 Å². The molecule has 4 heteroatoms. The molecule has 1 aliphatic heterocycles. The number of rotatable bonds is 6. The molecule has 0 bridgehead atoms. The molecule has 0 spiro atoms. The van der Waals surface area contributed by atoms with Crippen molar-refractivity contribution >= 4 is 11.6 Å². The van der Waals surface area contributed by atoms with E-state index in [9.17, 15) is 4.79 Å². The lowest BCUT2D eigenvalue weighted by atomic mass is 9.99. The number of likely N-dealkylation sites (tertiary alicyclic amines) is 1. The topological polar surface area (TPSA) is 23.6 Å². The maximum Gasteiger partial charge on any atom is 0.227 e. The fourth-order valence-electron chi connectivity index (χ4n) is 3.66. The van der Waals surface area contributed by atoms with Crippen LogP contribution in [0.1, 0.15) is 25.3 Å². The van der Waals surface area contributed by atoms with E-state index in [4.69, 9.17) is 0 Å². The van der Waals surface area contributed by atoms with E-state index in [1.54, 1.807) is 4.90 Å². The Balaban J connectivity index is 1.64. The summed E-state index contributed by atoms with van der Waals surface area (Å²) in [5.41, 5.74) is 2.07. The number of carbonyl (C=O) groups is 1. The summed E-state index contributed by atoms with van der Waals surface area (Å²) in [5.74, 6) is -0.0124. The number of hydrogen-bond acceptors (Lipinski definition) is 2. The minimum atomic E-state index is -1.03. The van der Waals surface area contributed by atoms with Gasteiger partial charge in [-0.3, -0.25) is 9.69 Å². The first-order chi connectivity index (χ1) is 12.7. The highest BCUT2D eigenvalue weighted by molar-refractivity contribution is 5.93. The maximum atomic E-state index is 15.0. The van der Waals surface area contributed by atoms with Crippen molar-refractivity contribution in [2.45, 2.75) is 38.4 Å². The molecule has 1 heterocycles. The van der Waals surface area contributed by atoms with Gasteiger partial charge in [0.05, 0.1) is 6.04 Å². The highest BCUT2D eigenvalue weighted by Gasteiger charge is 2.35. The molecule has 0 N–H and O–H groups in total. The van der Waals surface area contributed by atoms with Crippen LogP contribution in [0.2, 0.25) is 0 Å². The number of piperidine rings is 1. The lowest BCUT2D eigenvalue weighted by molar-refractivity contribution is -0.119. The number of nitrogens with zero attached hydrogens (tertiary/aromatic N) is 2. The lowest BCUT2D eigenvalue weighted by Crippen LogP contribution is -2.54. The molecule has 1 fully saturated rings. The SMILES string of the molecule is CCC(=O)N(c1ccccc1)C1CCN(CCc2ccccc2)CC1F. The molecule has 0 radical (unpaired) electrons. The van der Waals surface area contributed by atoms with E-state index < -0.39 is 6.17 Å². The first-order valence-electron chi connectivity index (χ1n) is 9.46. The van der Waals surface area contributed by atoms with Crippen LogP contribution in [-0.4, -0.2) is 42.7 Å². The Morgan fingerprint density at radius 2 is 1.77 bits per heavy atom. The van der Waals surface area contributed by atoms with Crippen molar-refractivity contribution < 1.29 is 9.18 Å². The Hall–Kier alpha value is -2.20. The van der Waals surface area contributed by atoms with E-state index in [-0.39, 0.29) is 11.9 Å². The van der Waals surface area contributed by atoms with Gasteiger partial charge in [-0.1, -0.05) is 55.5 Å². The molecule has 0 aliphatic carbocycles. The minimum absolute atomic E-state index is 0.0124. The van der Waals surface area contributed by atoms with Crippen molar-refractivity contribution in [1.82, 2.24) is 4.90 Å². The van der Waals surface area contributed by atoms with Crippen LogP contribution >= 0.6 is 0 Å². The summed E-state index contributed by atoms with van der Waals surface area (Å²) in [4.78, 5) is 16.3. The molecular weight excluding hydrogens is 327 g/mol. The Kier molecular flexibility index (Phi) is 6.40. The van der Waals surface area contributed by atoms with Crippen molar-refractivity contribution in [3.63, 3.8) is 0 Å². The highest BCUT2D eigenvalue weighted by Crippen LogP contribution is 2.26. The average Bonchev–Trinajstić information content (AvgIpc) is 2.69. The fourth-order valence-corrected chi connectivity index (χ4v) is 3.66. The van der Waals surface area contributed by atoms with Gasteiger partial charge in [0.15, 0.2) is 0 Å². The zero-order chi connectivity index (χ0) is 18.4. The molecule has 1 amide bonds. The molecule has 2 atom stereocenters. The van der Waals surface area contributed by atoms with Gasteiger partial charge < -0.3 is 4.90 Å². The molecule has 138 valence electrons. The number of benzene rings is 2. The van der Waals surface area contributed by atoms with Gasteiger partial charge in [0.2, 0.25) is 5.91 Å². The van der Waals surface area contributed by atoms with E-state index in [1.165, 1.54) is 5.56 Å². The number of halogens is 1. The predicted octanol–water partition coefficient (Wildman–Crippen LogP) is 4.08. The summed E-state index contributed by atoms with van der Waals surface area (Å²) in [6.07, 6.45) is 0.941. The van der Waals surface area contributed by atoms with E-state index in [0.29, 0.717) is 19.4 Å². The zero-order valence-corrected chi connectivity index (χ0v) is 15.4. The number of carbonyl (C=O) groups excluding carboxylic acids is 1. The van der Waals surface area contributed by atoms with Crippen molar-refractivity contribution in [2.24, 2.45) is 0 Å². The maximum absolute atomic E-state index is 15.0. The van der Waals surface area contributed by atoms with E-state index in [1.807, 2.05) is 55.5 Å². The third-order valence-electron chi connectivity index (χ3n) is 5.09. The summed E-state index contributed by atoms with van der Waals surface area (Å²) in [6.45, 7) is 3.89. The standard InChI is InChI=1S/C22H27FN2O/c1-2-22(26)25(19-11-7-4-8-12-19)21-14-16-24(17-20(21)23)15-13-18-9-5-3-6-10-18/h3-12,20-21H,2,13-17H2,1H3. The van der Waals surface area contributed by atoms with Gasteiger partial charge in [0.25, 0.3) is 0 Å². The van der Waals surface area contributed by atoms with Crippen LogP contribution in [0.3, 0.4) is 0 Å².